The van der Waals surface area contributed by atoms with Gasteiger partial charge in [0.1, 0.15) is 0 Å². The molecule has 1 heterocycles. The van der Waals surface area contributed by atoms with E-state index in [1.54, 1.807) is 29.3 Å². The van der Waals surface area contributed by atoms with Crippen LogP contribution in [0.4, 0.5) is 0 Å². The van der Waals surface area contributed by atoms with Crippen molar-refractivity contribution >= 4 is 30.3 Å². The number of hydrogen-bond acceptors (Lipinski definition) is 3. The van der Waals surface area contributed by atoms with E-state index >= 15 is 0 Å². The molecule has 0 radical (unpaired) electrons. The maximum absolute atomic E-state index is 3.97. The lowest BCUT2D eigenvalue weighted by Crippen LogP contribution is -2.17. The molecule has 0 saturated heterocycles. The van der Waals surface area contributed by atoms with E-state index in [0.717, 1.165) is 9.88 Å². The van der Waals surface area contributed by atoms with Gasteiger partial charge in [0.25, 0.3) is 0 Å². The van der Waals surface area contributed by atoms with Crippen LogP contribution in [0.25, 0.3) is 12.8 Å². The van der Waals surface area contributed by atoms with Gasteiger partial charge >= 0.3 is 0 Å². The normalized spacial score (nSPS) is 13.1. The highest BCUT2D eigenvalue weighted by molar-refractivity contribution is 7.07. The third kappa shape index (κ3) is 1.51. The smallest absolute Gasteiger partial charge is 0.0805 e. The summed E-state index contributed by atoms with van der Waals surface area (Å²) in [5.74, 6) is 0. The minimum atomic E-state index is 0.801. The Morgan fingerprint density at radius 2 is 2.60 bits per heavy atom. The molecule has 3 heteroatoms. The monoisotopic (exact) mass is 152 g/mol. The van der Waals surface area contributed by atoms with Crippen LogP contribution in [0.3, 0.4) is 0 Å². The van der Waals surface area contributed by atoms with Crippen molar-refractivity contribution in [2.75, 3.05) is 0 Å². The van der Waals surface area contributed by atoms with E-state index < -0.39 is 0 Å². The molecule has 0 aliphatic carbocycles. The second-order valence-corrected chi connectivity index (χ2v) is 2.59. The molecule has 0 atom stereocenters. The van der Waals surface area contributed by atoms with Crippen LogP contribution in [0.15, 0.2) is 10.5 Å². The molecule has 0 bridgehead atoms. The van der Waals surface area contributed by atoms with Gasteiger partial charge in [0.2, 0.25) is 0 Å². The maximum Gasteiger partial charge on any atom is 0.0805 e. The van der Waals surface area contributed by atoms with Crippen LogP contribution in [-0.2, 0) is 0 Å². The predicted octanol–water partition coefficient (Wildman–Crippen LogP) is 0.382. The van der Waals surface area contributed by atoms with Gasteiger partial charge < -0.3 is 0 Å². The van der Waals surface area contributed by atoms with Crippen molar-refractivity contribution in [1.82, 2.24) is 4.98 Å². The molecular weight excluding hydrogens is 144 g/mol. The van der Waals surface area contributed by atoms with E-state index in [2.05, 4.69) is 16.6 Å². The largest absolute Gasteiger partial charge is 0.268 e. The highest BCUT2D eigenvalue weighted by atomic mass is 32.1. The Balaban J connectivity index is 3.16. The van der Waals surface area contributed by atoms with Gasteiger partial charge in [-0.2, -0.15) is 0 Å². The van der Waals surface area contributed by atoms with Crippen LogP contribution in [0, 0.1) is 0 Å². The third-order valence-corrected chi connectivity index (χ3v) is 1.82. The average molecular weight is 152 g/mol. The summed E-state index contributed by atoms with van der Waals surface area (Å²) < 4.78 is 1.03. The number of hydrogen-bond donors (Lipinski definition) is 0. The summed E-state index contributed by atoms with van der Waals surface area (Å²) in [4.78, 5) is 7.93. The second-order valence-electron chi connectivity index (χ2n) is 1.70. The van der Waals surface area contributed by atoms with Gasteiger partial charge in [-0.3, -0.25) is 4.99 Å². The van der Waals surface area contributed by atoms with Crippen LogP contribution >= 0.6 is 11.3 Å². The number of aromatic nitrogens is 1. The zero-order valence-corrected chi connectivity index (χ0v) is 6.56. The second kappa shape index (κ2) is 3.27. The molecular formula is C7H8N2S. The molecule has 10 heavy (non-hydrogen) atoms. The summed E-state index contributed by atoms with van der Waals surface area (Å²) in [5, 5.41) is 0.801. The summed E-state index contributed by atoms with van der Waals surface area (Å²) in [6.07, 6.45) is 3.50. The zero-order valence-electron chi connectivity index (χ0n) is 5.74. The average Bonchev–Trinajstić information content (AvgIpc) is 2.31. The van der Waals surface area contributed by atoms with E-state index in [1.165, 1.54) is 0 Å². The van der Waals surface area contributed by atoms with Crippen molar-refractivity contribution in [3.05, 3.63) is 15.4 Å². The Morgan fingerprint density at radius 3 is 3.10 bits per heavy atom. The predicted molar refractivity (Wildman–Crippen MR) is 45.5 cm³/mol. The number of nitrogens with zero attached hydrogens (tertiary/aromatic N) is 2. The topological polar surface area (TPSA) is 25.2 Å². The molecule has 1 aromatic rings. The first-order chi connectivity index (χ1) is 4.84. The summed E-state index contributed by atoms with van der Waals surface area (Å²) >= 11 is 1.55. The van der Waals surface area contributed by atoms with Crippen LogP contribution < -0.4 is 9.88 Å². The van der Waals surface area contributed by atoms with Crippen molar-refractivity contribution in [3.63, 3.8) is 0 Å². The van der Waals surface area contributed by atoms with E-state index in [9.17, 15) is 0 Å². The molecule has 0 unspecified atom stereocenters. The Morgan fingerprint density at radius 1 is 1.80 bits per heavy atom. The Kier molecular flexibility index (Phi) is 2.34. The molecule has 0 aliphatic heterocycles. The lowest BCUT2D eigenvalue weighted by atomic mass is 10.6. The number of thiazole rings is 1. The fourth-order valence-corrected chi connectivity index (χ4v) is 1.13. The molecule has 52 valence electrons. The Hall–Kier alpha value is -0.960. The van der Waals surface area contributed by atoms with Crippen LogP contribution in [0.2, 0.25) is 0 Å². The van der Waals surface area contributed by atoms with Gasteiger partial charge in [0.05, 0.1) is 15.4 Å². The standard InChI is InChI=1S/C7H8N2S/c1-3-8-4-7-6(2)9-5-10-7/h3-5H,2H2,1H3/b7-4+,8-3?. The van der Waals surface area contributed by atoms with Crippen molar-refractivity contribution in [2.24, 2.45) is 4.99 Å². The molecule has 0 aliphatic rings. The molecule has 0 spiro atoms. The fourth-order valence-electron chi connectivity index (χ4n) is 0.526. The van der Waals surface area contributed by atoms with Crippen LogP contribution in [0.5, 0.6) is 0 Å². The molecule has 2 nitrogen and oxygen atoms in total. The summed E-state index contributed by atoms with van der Waals surface area (Å²) in [6.45, 7) is 5.60. The van der Waals surface area contributed by atoms with Crippen molar-refractivity contribution < 1.29 is 0 Å². The number of rotatable bonds is 1. The molecule has 1 rings (SSSR count). The SMILES string of the molecule is C=c1ncs/c1=C/N=CC. The first-order valence-electron chi connectivity index (χ1n) is 2.91. The summed E-state index contributed by atoms with van der Waals surface area (Å²) in [7, 11) is 0. The fraction of sp³-hybridized carbons (Fsp3) is 0.143. The summed E-state index contributed by atoms with van der Waals surface area (Å²) in [6, 6.07) is 0. The highest BCUT2D eigenvalue weighted by Gasteiger charge is 1.80. The van der Waals surface area contributed by atoms with E-state index in [0.29, 0.717) is 0 Å². The first kappa shape index (κ1) is 7.15. The van der Waals surface area contributed by atoms with Crippen LogP contribution in [-0.4, -0.2) is 11.2 Å². The van der Waals surface area contributed by atoms with Gasteiger partial charge in [-0.15, -0.1) is 11.3 Å². The lowest BCUT2D eigenvalue weighted by Gasteiger charge is -1.70. The number of aliphatic imine (C=N–C) groups is 1. The van der Waals surface area contributed by atoms with E-state index in [-0.39, 0.29) is 0 Å². The van der Waals surface area contributed by atoms with Crippen molar-refractivity contribution in [3.8, 4) is 0 Å². The third-order valence-electron chi connectivity index (χ3n) is 1.01. The van der Waals surface area contributed by atoms with Crippen LogP contribution in [0.1, 0.15) is 6.92 Å². The highest BCUT2D eigenvalue weighted by Crippen LogP contribution is 1.75. The van der Waals surface area contributed by atoms with Gasteiger partial charge in [0.15, 0.2) is 0 Å². The molecule has 0 amide bonds. The molecule has 0 saturated carbocycles. The van der Waals surface area contributed by atoms with E-state index in [4.69, 9.17) is 0 Å². The van der Waals surface area contributed by atoms with Gasteiger partial charge in [-0.05, 0) is 6.92 Å². The van der Waals surface area contributed by atoms with Gasteiger partial charge in [-0.1, -0.05) is 6.58 Å². The van der Waals surface area contributed by atoms with Crippen molar-refractivity contribution in [1.29, 1.82) is 0 Å². The Labute approximate surface area is 63.3 Å². The molecule has 0 N–H and O–H groups in total. The molecule has 0 fully saturated rings. The molecule has 1 aromatic heterocycles. The van der Waals surface area contributed by atoms with Gasteiger partial charge in [-0.25, -0.2) is 4.98 Å². The first-order valence-corrected chi connectivity index (χ1v) is 3.79. The zero-order chi connectivity index (χ0) is 7.40. The minimum absolute atomic E-state index is 0.801. The Bertz CT molecular complexity index is 324. The quantitative estimate of drug-likeness (QED) is 0.534. The maximum atomic E-state index is 3.97. The van der Waals surface area contributed by atoms with Crippen molar-refractivity contribution in [2.45, 2.75) is 6.92 Å². The van der Waals surface area contributed by atoms with E-state index in [1.807, 2.05) is 6.92 Å². The summed E-state index contributed by atoms with van der Waals surface area (Å²) in [5.41, 5.74) is 1.76. The minimum Gasteiger partial charge on any atom is -0.268 e. The van der Waals surface area contributed by atoms with Gasteiger partial charge in [0, 0.05) is 12.4 Å². The molecule has 0 aromatic carbocycles. The lowest BCUT2D eigenvalue weighted by molar-refractivity contribution is 1.32.